The highest BCUT2D eigenvalue weighted by Gasteiger charge is 2.48. The lowest BCUT2D eigenvalue weighted by atomic mass is 9.78. The van der Waals surface area contributed by atoms with E-state index < -0.39 is 5.41 Å². The molecule has 4 heterocycles. The summed E-state index contributed by atoms with van der Waals surface area (Å²) in [6.45, 7) is 3.71. The average Bonchev–Trinajstić information content (AvgIpc) is 3.11. The number of carbonyl (C=O) groups excluding carboxylic acids is 2. The summed E-state index contributed by atoms with van der Waals surface area (Å²) in [5.74, 6) is 0.631. The van der Waals surface area contributed by atoms with Crippen molar-refractivity contribution in [1.82, 2.24) is 24.8 Å². The molecular formula is C20H23N5O2. The highest BCUT2D eigenvalue weighted by Crippen LogP contribution is 2.40. The minimum absolute atomic E-state index is 0.0943. The van der Waals surface area contributed by atoms with E-state index in [1.54, 1.807) is 28.4 Å². The van der Waals surface area contributed by atoms with Gasteiger partial charge in [0, 0.05) is 50.8 Å². The van der Waals surface area contributed by atoms with Crippen LogP contribution in [0.5, 0.6) is 0 Å². The molecule has 0 aliphatic carbocycles. The van der Waals surface area contributed by atoms with Gasteiger partial charge in [-0.2, -0.15) is 0 Å². The van der Waals surface area contributed by atoms with E-state index in [9.17, 15) is 9.59 Å². The Morgan fingerprint density at radius 1 is 1.22 bits per heavy atom. The number of nitrogens with zero attached hydrogens (tertiary/aromatic N) is 5. The predicted octanol–water partition coefficient (Wildman–Crippen LogP) is 1.93. The highest BCUT2D eigenvalue weighted by atomic mass is 16.2. The molecule has 0 bridgehead atoms. The van der Waals surface area contributed by atoms with Gasteiger partial charge in [-0.1, -0.05) is 0 Å². The predicted molar refractivity (Wildman–Crippen MR) is 99.8 cm³/mol. The number of aryl methyl sites for hydroxylation is 1. The quantitative estimate of drug-likeness (QED) is 0.812. The van der Waals surface area contributed by atoms with Crippen LogP contribution >= 0.6 is 0 Å². The van der Waals surface area contributed by atoms with Crippen molar-refractivity contribution in [2.75, 3.05) is 26.7 Å². The van der Waals surface area contributed by atoms with Crippen LogP contribution in [0.25, 0.3) is 11.4 Å². The fourth-order valence-corrected chi connectivity index (χ4v) is 4.17. The van der Waals surface area contributed by atoms with Gasteiger partial charge in [0.2, 0.25) is 5.91 Å². The summed E-state index contributed by atoms with van der Waals surface area (Å²) in [5.41, 5.74) is 1.54. The highest BCUT2D eigenvalue weighted by molar-refractivity contribution is 5.96. The summed E-state index contributed by atoms with van der Waals surface area (Å²) < 4.78 is 0. The van der Waals surface area contributed by atoms with E-state index in [0.29, 0.717) is 30.2 Å². The molecule has 0 N–H and O–H groups in total. The molecule has 2 amide bonds. The van der Waals surface area contributed by atoms with Gasteiger partial charge in [-0.25, -0.2) is 9.97 Å². The van der Waals surface area contributed by atoms with Crippen molar-refractivity contribution < 1.29 is 9.59 Å². The van der Waals surface area contributed by atoms with E-state index in [2.05, 4.69) is 15.0 Å². The molecule has 0 aromatic carbocycles. The normalized spacial score (nSPS) is 22.5. The zero-order valence-electron chi connectivity index (χ0n) is 15.7. The Morgan fingerprint density at radius 2 is 2.07 bits per heavy atom. The third-order valence-corrected chi connectivity index (χ3v) is 5.72. The van der Waals surface area contributed by atoms with Crippen molar-refractivity contribution >= 4 is 11.8 Å². The zero-order chi connectivity index (χ0) is 19.0. The molecule has 2 aliphatic rings. The number of likely N-dealkylation sites (tertiary alicyclic amines) is 2. The first-order valence-corrected chi connectivity index (χ1v) is 9.29. The van der Waals surface area contributed by atoms with Crippen molar-refractivity contribution in [3.8, 4) is 11.4 Å². The molecule has 2 aromatic rings. The van der Waals surface area contributed by atoms with Crippen LogP contribution in [-0.2, 0) is 4.79 Å². The molecule has 1 spiro atoms. The van der Waals surface area contributed by atoms with E-state index in [0.717, 1.165) is 31.4 Å². The lowest BCUT2D eigenvalue weighted by Crippen LogP contribution is -2.48. The number of pyridine rings is 1. The Bertz CT molecular complexity index is 885. The van der Waals surface area contributed by atoms with E-state index in [1.165, 1.54) is 0 Å². The molecule has 4 rings (SSSR count). The van der Waals surface area contributed by atoms with E-state index in [-0.39, 0.29) is 11.8 Å². The van der Waals surface area contributed by atoms with Gasteiger partial charge in [0.05, 0.1) is 16.7 Å². The number of aromatic nitrogens is 3. The van der Waals surface area contributed by atoms with Gasteiger partial charge >= 0.3 is 0 Å². The van der Waals surface area contributed by atoms with Crippen LogP contribution in [0.3, 0.4) is 0 Å². The maximum atomic E-state index is 13.0. The first-order chi connectivity index (χ1) is 13.0. The minimum atomic E-state index is -0.410. The summed E-state index contributed by atoms with van der Waals surface area (Å²) in [6, 6.07) is 3.72. The maximum Gasteiger partial charge on any atom is 0.257 e. The number of hydrogen-bond acceptors (Lipinski definition) is 5. The van der Waals surface area contributed by atoms with Crippen LogP contribution in [0.4, 0.5) is 0 Å². The molecule has 7 nitrogen and oxygen atoms in total. The molecule has 2 aliphatic heterocycles. The van der Waals surface area contributed by atoms with Crippen LogP contribution < -0.4 is 0 Å². The second kappa shape index (κ2) is 6.72. The Morgan fingerprint density at radius 3 is 2.81 bits per heavy atom. The van der Waals surface area contributed by atoms with E-state index in [4.69, 9.17) is 0 Å². The van der Waals surface area contributed by atoms with Gasteiger partial charge < -0.3 is 9.80 Å². The lowest BCUT2D eigenvalue weighted by molar-refractivity contribution is -0.143. The summed E-state index contributed by atoms with van der Waals surface area (Å²) in [4.78, 5) is 42.2. The Labute approximate surface area is 158 Å². The Kier molecular flexibility index (Phi) is 4.37. The fourth-order valence-electron chi connectivity index (χ4n) is 4.17. The molecule has 0 radical (unpaired) electrons. The minimum Gasteiger partial charge on any atom is -0.345 e. The van der Waals surface area contributed by atoms with E-state index >= 15 is 0 Å². The maximum absolute atomic E-state index is 13.0. The van der Waals surface area contributed by atoms with Gasteiger partial charge in [0.15, 0.2) is 5.82 Å². The molecule has 27 heavy (non-hydrogen) atoms. The third kappa shape index (κ3) is 3.07. The van der Waals surface area contributed by atoms with Crippen LogP contribution in [0.2, 0.25) is 0 Å². The standard InChI is InChI=1S/C20H23N5O2/c1-14-16(12-22-17(23-14)15-5-3-8-21-11-15)18(26)25-10-7-20(13-25)6-4-9-24(2)19(20)27/h3,5,8,11-12H,4,6-7,9-10,13H2,1-2H3/t20-/m0/s1. The molecule has 1 atom stereocenters. The van der Waals surface area contributed by atoms with Gasteiger partial charge in [0.1, 0.15) is 0 Å². The Balaban J connectivity index is 1.54. The number of rotatable bonds is 2. The van der Waals surface area contributed by atoms with Gasteiger partial charge in [0.25, 0.3) is 5.91 Å². The summed E-state index contributed by atoms with van der Waals surface area (Å²) >= 11 is 0. The van der Waals surface area contributed by atoms with Crippen LogP contribution in [0.15, 0.2) is 30.7 Å². The molecule has 2 fully saturated rings. The van der Waals surface area contributed by atoms with Gasteiger partial charge in [-0.15, -0.1) is 0 Å². The molecule has 0 saturated carbocycles. The van der Waals surface area contributed by atoms with Crippen molar-refractivity contribution in [3.05, 3.63) is 42.0 Å². The van der Waals surface area contributed by atoms with Crippen LogP contribution in [0.1, 0.15) is 35.3 Å². The number of carbonyl (C=O) groups is 2. The lowest BCUT2D eigenvalue weighted by Gasteiger charge is -2.37. The topological polar surface area (TPSA) is 79.3 Å². The molecule has 0 unspecified atom stereocenters. The second-order valence-electron chi connectivity index (χ2n) is 7.52. The van der Waals surface area contributed by atoms with Gasteiger partial charge in [-0.3, -0.25) is 14.6 Å². The summed E-state index contributed by atoms with van der Waals surface area (Å²) in [7, 11) is 1.85. The third-order valence-electron chi connectivity index (χ3n) is 5.72. The molecule has 2 aromatic heterocycles. The molecule has 2 saturated heterocycles. The monoisotopic (exact) mass is 365 g/mol. The van der Waals surface area contributed by atoms with E-state index in [1.807, 2.05) is 26.1 Å². The number of piperidine rings is 1. The first-order valence-electron chi connectivity index (χ1n) is 9.29. The summed E-state index contributed by atoms with van der Waals surface area (Å²) in [6.07, 6.45) is 7.57. The fraction of sp³-hybridized carbons (Fsp3) is 0.450. The SMILES string of the molecule is Cc1nc(-c2cccnc2)ncc1C(=O)N1CC[C@@]2(CCCN(C)C2=O)C1. The largest absolute Gasteiger partial charge is 0.345 e. The molecule has 7 heteroatoms. The molecular weight excluding hydrogens is 342 g/mol. The zero-order valence-corrected chi connectivity index (χ0v) is 15.7. The number of hydrogen-bond donors (Lipinski definition) is 0. The van der Waals surface area contributed by atoms with Crippen LogP contribution in [-0.4, -0.2) is 63.2 Å². The first kappa shape index (κ1) is 17.6. The van der Waals surface area contributed by atoms with Crippen molar-refractivity contribution in [3.63, 3.8) is 0 Å². The van der Waals surface area contributed by atoms with Gasteiger partial charge in [-0.05, 0) is 38.3 Å². The van der Waals surface area contributed by atoms with Crippen molar-refractivity contribution in [1.29, 1.82) is 0 Å². The Hall–Kier alpha value is -2.83. The molecule has 140 valence electrons. The van der Waals surface area contributed by atoms with Crippen molar-refractivity contribution in [2.24, 2.45) is 5.41 Å². The van der Waals surface area contributed by atoms with Crippen molar-refractivity contribution in [2.45, 2.75) is 26.2 Å². The second-order valence-corrected chi connectivity index (χ2v) is 7.52. The average molecular weight is 365 g/mol. The smallest absolute Gasteiger partial charge is 0.257 e. The number of amides is 2. The summed E-state index contributed by atoms with van der Waals surface area (Å²) in [5, 5.41) is 0. The van der Waals surface area contributed by atoms with Crippen LogP contribution in [0, 0.1) is 12.3 Å².